The Hall–Kier alpha value is -2.33. The fourth-order valence-electron chi connectivity index (χ4n) is 4.51. The summed E-state index contributed by atoms with van der Waals surface area (Å²) < 4.78 is 12.5. The minimum atomic E-state index is -0.128. The molecule has 0 aromatic heterocycles. The van der Waals surface area contributed by atoms with E-state index in [1.54, 1.807) is 0 Å². The molecular weight excluding hydrogens is 446 g/mol. The third-order valence-corrected chi connectivity index (χ3v) is 6.76. The van der Waals surface area contributed by atoms with Crippen LogP contribution in [-0.2, 0) is 22.5 Å². The molecule has 0 bridgehead atoms. The number of quaternary nitrogens is 1. The van der Waals surface area contributed by atoms with Gasteiger partial charge in [0.2, 0.25) is 0 Å². The highest BCUT2D eigenvalue weighted by atomic mass is 16.5. The first kappa shape index (κ1) is 29.9. The maximum atomic E-state index is 12.3. The van der Waals surface area contributed by atoms with E-state index < -0.39 is 0 Å². The molecule has 1 atom stereocenters. The van der Waals surface area contributed by atoms with Gasteiger partial charge in [0, 0.05) is 12.0 Å². The van der Waals surface area contributed by atoms with Crippen molar-refractivity contribution in [2.75, 3.05) is 27.2 Å². The molecule has 0 saturated carbocycles. The molecule has 2 aromatic rings. The zero-order valence-corrected chi connectivity index (χ0v) is 23.3. The number of unbranched alkanes of at least 4 members (excludes halogenated alkanes) is 7. The Morgan fingerprint density at radius 2 is 1.50 bits per heavy atom. The summed E-state index contributed by atoms with van der Waals surface area (Å²) in [5, 5.41) is 0. The molecule has 0 fully saturated rings. The lowest BCUT2D eigenvalue weighted by atomic mass is 10.0. The molecule has 0 aliphatic rings. The van der Waals surface area contributed by atoms with E-state index in [4.69, 9.17) is 9.47 Å². The number of esters is 1. The Labute approximate surface area is 220 Å². The van der Waals surface area contributed by atoms with E-state index in [0.717, 1.165) is 29.7 Å². The van der Waals surface area contributed by atoms with Crippen LogP contribution in [0.2, 0.25) is 0 Å². The van der Waals surface area contributed by atoms with Crippen molar-refractivity contribution in [3.8, 4) is 5.75 Å². The first-order chi connectivity index (χ1) is 17.4. The SMILES string of the molecule is CCCCCCCCCCc1ccccc1OC(C)CCOC(=O)CC[N+](C)(C)Cc1ccccc1. The molecular formula is C32H50NO3+. The van der Waals surface area contributed by atoms with Gasteiger partial charge in [0.05, 0.1) is 39.8 Å². The second kappa shape index (κ2) is 17.2. The van der Waals surface area contributed by atoms with Crippen molar-refractivity contribution in [2.45, 2.75) is 97.1 Å². The number of carbonyl (C=O) groups is 1. The van der Waals surface area contributed by atoms with Crippen LogP contribution in [0.5, 0.6) is 5.75 Å². The summed E-state index contributed by atoms with van der Waals surface area (Å²) in [6, 6.07) is 18.8. The van der Waals surface area contributed by atoms with Gasteiger partial charge in [-0.3, -0.25) is 4.79 Å². The Bertz CT molecular complexity index is 849. The highest BCUT2D eigenvalue weighted by molar-refractivity contribution is 5.69. The van der Waals surface area contributed by atoms with Gasteiger partial charge in [0.15, 0.2) is 0 Å². The van der Waals surface area contributed by atoms with Crippen molar-refractivity contribution >= 4 is 5.97 Å². The minimum Gasteiger partial charge on any atom is -0.490 e. The van der Waals surface area contributed by atoms with Crippen LogP contribution in [0, 0.1) is 0 Å². The first-order valence-electron chi connectivity index (χ1n) is 14.2. The molecule has 4 heteroatoms. The zero-order chi connectivity index (χ0) is 26.1. The van der Waals surface area contributed by atoms with Crippen molar-refractivity contribution in [1.29, 1.82) is 0 Å². The number of hydrogen-bond acceptors (Lipinski definition) is 3. The molecule has 4 nitrogen and oxygen atoms in total. The van der Waals surface area contributed by atoms with E-state index in [1.807, 2.05) is 12.1 Å². The summed E-state index contributed by atoms with van der Waals surface area (Å²) in [4.78, 5) is 12.3. The second-order valence-electron chi connectivity index (χ2n) is 10.8. The van der Waals surface area contributed by atoms with Gasteiger partial charge in [0.25, 0.3) is 0 Å². The highest BCUT2D eigenvalue weighted by Gasteiger charge is 2.18. The maximum Gasteiger partial charge on any atom is 0.311 e. The third kappa shape index (κ3) is 13.1. The number of nitrogens with zero attached hydrogens (tertiary/aromatic N) is 1. The number of carbonyl (C=O) groups excluding carboxylic acids is 1. The molecule has 200 valence electrons. The quantitative estimate of drug-likeness (QED) is 0.113. The molecule has 0 amide bonds. The van der Waals surface area contributed by atoms with Crippen molar-refractivity contribution < 1.29 is 18.8 Å². The molecule has 0 saturated heterocycles. The van der Waals surface area contributed by atoms with Gasteiger partial charge in [0.1, 0.15) is 12.3 Å². The summed E-state index contributed by atoms with van der Waals surface area (Å²) >= 11 is 0. The predicted molar refractivity (Wildman–Crippen MR) is 150 cm³/mol. The van der Waals surface area contributed by atoms with E-state index >= 15 is 0 Å². The van der Waals surface area contributed by atoms with E-state index in [9.17, 15) is 4.79 Å². The van der Waals surface area contributed by atoms with Gasteiger partial charge in [-0.15, -0.1) is 0 Å². The van der Waals surface area contributed by atoms with Crippen LogP contribution in [0.3, 0.4) is 0 Å². The van der Waals surface area contributed by atoms with Gasteiger partial charge >= 0.3 is 5.97 Å². The molecule has 2 rings (SSSR count). The van der Waals surface area contributed by atoms with Gasteiger partial charge in [-0.25, -0.2) is 0 Å². The van der Waals surface area contributed by atoms with E-state index in [-0.39, 0.29) is 12.1 Å². The van der Waals surface area contributed by atoms with Crippen LogP contribution in [0.4, 0.5) is 0 Å². The molecule has 2 aromatic carbocycles. The molecule has 0 heterocycles. The lowest BCUT2D eigenvalue weighted by Crippen LogP contribution is -2.40. The standard InChI is InChI=1S/C32H50NO3/c1-5-6-7-8-9-10-11-15-20-30-21-16-17-22-31(30)36-28(2)24-26-35-32(34)23-25-33(3,4)27-29-18-13-12-14-19-29/h12-14,16-19,21-22,28H,5-11,15,20,23-27H2,1-4H3/q+1. The van der Waals surface area contributed by atoms with Crippen LogP contribution < -0.4 is 4.74 Å². The fraction of sp³-hybridized carbons (Fsp3) is 0.594. The number of aryl methyl sites for hydroxylation is 1. The van der Waals surface area contributed by atoms with Crippen molar-refractivity contribution in [1.82, 2.24) is 0 Å². The smallest absolute Gasteiger partial charge is 0.311 e. The maximum absolute atomic E-state index is 12.3. The topological polar surface area (TPSA) is 35.5 Å². The number of ether oxygens (including phenoxy) is 2. The highest BCUT2D eigenvalue weighted by Crippen LogP contribution is 2.23. The number of benzene rings is 2. The molecule has 0 spiro atoms. The monoisotopic (exact) mass is 496 g/mol. The summed E-state index contributed by atoms with van der Waals surface area (Å²) in [5.41, 5.74) is 2.57. The lowest BCUT2D eigenvalue weighted by Gasteiger charge is -2.29. The van der Waals surface area contributed by atoms with Crippen LogP contribution >= 0.6 is 0 Å². The van der Waals surface area contributed by atoms with Gasteiger partial charge < -0.3 is 14.0 Å². The third-order valence-electron chi connectivity index (χ3n) is 6.76. The Morgan fingerprint density at radius 3 is 2.22 bits per heavy atom. The van der Waals surface area contributed by atoms with Crippen LogP contribution in [-0.4, -0.2) is 43.8 Å². The summed E-state index contributed by atoms with van der Waals surface area (Å²) in [7, 11) is 4.31. The number of para-hydroxylation sites is 1. The van der Waals surface area contributed by atoms with Gasteiger partial charge in [-0.05, 0) is 31.4 Å². The Balaban J connectivity index is 1.63. The molecule has 0 N–H and O–H groups in total. The fourth-order valence-corrected chi connectivity index (χ4v) is 4.51. The van der Waals surface area contributed by atoms with E-state index in [0.29, 0.717) is 19.4 Å². The van der Waals surface area contributed by atoms with Gasteiger partial charge in [-0.2, -0.15) is 0 Å². The molecule has 36 heavy (non-hydrogen) atoms. The Kier molecular flexibility index (Phi) is 14.3. The number of hydrogen-bond donors (Lipinski definition) is 0. The van der Waals surface area contributed by atoms with E-state index in [2.05, 4.69) is 70.4 Å². The average molecular weight is 497 g/mol. The van der Waals surface area contributed by atoms with Crippen LogP contribution in [0.25, 0.3) is 0 Å². The van der Waals surface area contributed by atoms with Crippen LogP contribution in [0.1, 0.15) is 89.2 Å². The van der Waals surface area contributed by atoms with Gasteiger partial charge in [-0.1, -0.05) is 100 Å². The minimum absolute atomic E-state index is 0.00261. The summed E-state index contributed by atoms with van der Waals surface area (Å²) in [6.45, 7) is 6.37. The summed E-state index contributed by atoms with van der Waals surface area (Å²) in [6.07, 6.45) is 12.8. The largest absolute Gasteiger partial charge is 0.490 e. The molecule has 1 unspecified atom stereocenters. The molecule has 0 aliphatic heterocycles. The predicted octanol–water partition coefficient (Wildman–Crippen LogP) is 7.74. The van der Waals surface area contributed by atoms with E-state index in [1.165, 1.54) is 62.5 Å². The molecule has 0 aliphatic carbocycles. The average Bonchev–Trinajstić information content (AvgIpc) is 2.86. The normalized spacial score (nSPS) is 12.3. The molecule has 0 radical (unpaired) electrons. The Morgan fingerprint density at radius 1 is 0.861 bits per heavy atom. The van der Waals surface area contributed by atoms with Crippen LogP contribution in [0.15, 0.2) is 54.6 Å². The zero-order valence-electron chi connectivity index (χ0n) is 23.3. The lowest BCUT2D eigenvalue weighted by molar-refractivity contribution is -0.903. The second-order valence-corrected chi connectivity index (χ2v) is 10.8. The van der Waals surface area contributed by atoms with Crippen molar-refractivity contribution in [3.05, 3.63) is 65.7 Å². The van der Waals surface area contributed by atoms with Crippen molar-refractivity contribution in [3.63, 3.8) is 0 Å². The number of rotatable bonds is 19. The first-order valence-corrected chi connectivity index (χ1v) is 14.2. The van der Waals surface area contributed by atoms with Crippen molar-refractivity contribution in [2.24, 2.45) is 0 Å². The summed E-state index contributed by atoms with van der Waals surface area (Å²) in [5.74, 6) is 0.843.